The molecule has 0 saturated carbocycles. The lowest BCUT2D eigenvalue weighted by Gasteiger charge is -2.19. The van der Waals surface area contributed by atoms with E-state index in [9.17, 15) is 0 Å². The molecule has 3 heterocycles. The molecule has 1 N–H and O–H groups in total. The van der Waals surface area contributed by atoms with Crippen molar-refractivity contribution in [1.29, 1.82) is 0 Å². The van der Waals surface area contributed by atoms with E-state index in [0.29, 0.717) is 0 Å². The standard InChI is InChI=1S/C21H28N4S/c1-3-5-8-12-22-20-19-18(23-13-24-20)17-15-11-7-6-10-14(15)16(9-4-2)25-21(17)26-19/h13H,3-12H2,1-2H3,(H,22,23,24). The van der Waals surface area contributed by atoms with Crippen molar-refractivity contribution in [3.63, 3.8) is 0 Å². The minimum atomic E-state index is 0.973. The van der Waals surface area contributed by atoms with Gasteiger partial charge in [0.25, 0.3) is 0 Å². The molecule has 0 spiro atoms. The molecule has 0 atom stereocenters. The summed E-state index contributed by atoms with van der Waals surface area (Å²) in [7, 11) is 0. The smallest absolute Gasteiger partial charge is 0.147 e. The fourth-order valence-corrected chi connectivity index (χ4v) is 5.23. The number of thiophene rings is 1. The van der Waals surface area contributed by atoms with Gasteiger partial charge in [0.15, 0.2) is 0 Å². The number of rotatable bonds is 7. The highest BCUT2D eigenvalue weighted by atomic mass is 32.1. The number of pyridine rings is 1. The first-order chi connectivity index (χ1) is 12.8. The Labute approximate surface area is 159 Å². The lowest BCUT2D eigenvalue weighted by atomic mass is 9.88. The Balaban J connectivity index is 1.83. The zero-order valence-electron chi connectivity index (χ0n) is 15.9. The van der Waals surface area contributed by atoms with E-state index >= 15 is 0 Å². The summed E-state index contributed by atoms with van der Waals surface area (Å²) in [5, 5.41) is 4.84. The number of hydrogen-bond acceptors (Lipinski definition) is 5. The molecule has 3 aromatic heterocycles. The van der Waals surface area contributed by atoms with Gasteiger partial charge in [-0.1, -0.05) is 33.1 Å². The van der Waals surface area contributed by atoms with E-state index in [1.165, 1.54) is 71.9 Å². The van der Waals surface area contributed by atoms with Crippen molar-refractivity contribution in [3.05, 3.63) is 23.1 Å². The Morgan fingerprint density at radius 2 is 1.88 bits per heavy atom. The molecule has 0 aromatic carbocycles. The van der Waals surface area contributed by atoms with Crippen LogP contribution in [0.3, 0.4) is 0 Å². The second-order valence-corrected chi connectivity index (χ2v) is 8.29. The fraction of sp³-hybridized carbons (Fsp3) is 0.571. The van der Waals surface area contributed by atoms with Crippen LogP contribution in [0.2, 0.25) is 0 Å². The number of aromatic nitrogens is 3. The van der Waals surface area contributed by atoms with E-state index in [2.05, 4.69) is 29.1 Å². The van der Waals surface area contributed by atoms with Crippen molar-refractivity contribution in [2.45, 2.75) is 71.6 Å². The Morgan fingerprint density at radius 1 is 1.04 bits per heavy atom. The topological polar surface area (TPSA) is 50.7 Å². The summed E-state index contributed by atoms with van der Waals surface area (Å²) in [6, 6.07) is 0. The Kier molecular flexibility index (Phi) is 5.34. The van der Waals surface area contributed by atoms with Crippen molar-refractivity contribution >= 4 is 37.6 Å². The molecule has 0 aliphatic heterocycles. The third kappa shape index (κ3) is 3.18. The summed E-state index contributed by atoms with van der Waals surface area (Å²) in [5.74, 6) is 0.982. The van der Waals surface area contributed by atoms with Crippen LogP contribution in [0.4, 0.5) is 5.82 Å². The number of aryl methyl sites for hydroxylation is 2. The zero-order chi connectivity index (χ0) is 17.9. The minimum absolute atomic E-state index is 0.973. The molecular formula is C21H28N4S. The number of hydrogen-bond donors (Lipinski definition) is 1. The third-order valence-electron chi connectivity index (χ3n) is 5.37. The number of anilines is 1. The van der Waals surface area contributed by atoms with Gasteiger partial charge in [0.2, 0.25) is 0 Å². The van der Waals surface area contributed by atoms with E-state index in [1.807, 2.05) is 0 Å². The van der Waals surface area contributed by atoms with Crippen molar-refractivity contribution in [1.82, 2.24) is 15.0 Å². The highest BCUT2D eigenvalue weighted by molar-refractivity contribution is 7.26. The molecule has 1 aliphatic rings. The molecular weight excluding hydrogens is 340 g/mol. The highest BCUT2D eigenvalue weighted by Crippen LogP contribution is 2.40. The van der Waals surface area contributed by atoms with Crippen LogP contribution in [0.5, 0.6) is 0 Å². The molecule has 5 heteroatoms. The molecule has 138 valence electrons. The lowest BCUT2D eigenvalue weighted by molar-refractivity contribution is 0.675. The van der Waals surface area contributed by atoms with Crippen LogP contribution in [0.15, 0.2) is 6.33 Å². The largest absolute Gasteiger partial charge is 0.369 e. The monoisotopic (exact) mass is 368 g/mol. The van der Waals surface area contributed by atoms with E-state index in [0.717, 1.165) is 35.6 Å². The average Bonchev–Trinajstić information content (AvgIpc) is 3.05. The zero-order valence-corrected chi connectivity index (χ0v) is 16.7. The van der Waals surface area contributed by atoms with Crippen LogP contribution in [-0.2, 0) is 19.3 Å². The summed E-state index contributed by atoms with van der Waals surface area (Å²) in [5.41, 5.74) is 5.46. The Bertz CT molecular complexity index is 915. The number of nitrogens with one attached hydrogen (secondary N) is 1. The second-order valence-electron chi connectivity index (χ2n) is 7.29. The SMILES string of the molecule is CCCCCNc1ncnc2c1sc1nc(CCC)c3c(c12)CCCC3. The van der Waals surface area contributed by atoms with Crippen molar-refractivity contribution in [3.8, 4) is 0 Å². The summed E-state index contributed by atoms with van der Waals surface area (Å²) in [6.45, 7) is 5.45. The molecule has 3 aromatic rings. The third-order valence-corrected chi connectivity index (χ3v) is 6.45. The molecule has 0 bridgehead atoms. The van der Waals surface area contributed by atoms with Crippen molar-refractivity contribution in [2.24, 2.45) is 0 Å². The maximum Gasteiger partial charge on any atom is 0.147 e. The maximum atomic E-state index is 5.09. The number of unbranched alkanes of at least 4 members (excludes halogenated alkanes) is 2. The predicted molar refractivity (Wildman–Crippen MR) is 111 cm³/mol. The van der Waals surface area contributed by atoms with Gasteiger partial charge in [-0.05, 0) is 49.7 Å². The first-order valence-electron chi connectivity index (χ1n) is 10.1. The molecule has 4 nitrogen and oxygen atoms in total. The molecule has 0 unspecified atom stereocenters. The Hall–Kier alpha value is -1.75. The number of nitrogens with zero attached hydrogens (tertiary/aromatic N) is 3. The van der Waals surface area contributed by atoms with Crippen LogP contribution >= 0.6 is 11.3 Å². The van der Waals surface area contributed by atoms with Gasteiger partial charge < -0.3 is 5.32 Å². The Morgan fingerprint density at radius 3 is 2.69 bits per heavy atom. The van der Waals surface area contributed by atoms with Crippen LogP contribution in [0.1, 0.15) is 69.2 Å². The number of fused-ring (bicyclic) bond motifs is 5. The normalized spacial score (nSPS) is 14.1. The molecule has 0 saturated heterocycles. The maximum absolute atomic E-state index is 5.09. The van der Waals surface area contributed by atoms with Crippen LogP contribution in [0.25, 0.3) is 20.4 Å². The van der Waals surface area contributed by atoms with Crippen LogP contribution in [-0.4, -0.2) is 21.5 Å². The van der Waals surface area contributed by atoms with Crippen molar-refractivity contribution < 1.29 is 0 Å². The molecule has 26 heavy (non-hydrogen) atoms. The minimum Gasteiger partial charge on any atom is -0.369 e. The first kappa shape index (κ1) is 17.7. The van der Waals surface area contributed by atoms with E-state index in [-0.39, 0.29) is 0 Å². The van der Waals surface area contributed by atoms with Gasteiger partial charge in [-0.15, -0.1) is 11.3 Å². The lowest BCUT2D eigenvalue weighted by Crippen LogP contribution is -2.09. The van der Waals surface area contributed by atoms with E-state index in [1.54, 1.807) is 17.7 Å². The predicted octanol–water partition coefficient (Wildman–Crippen LogP) is 5.67. The average molecular weight is 369 g/mol. The van der Waals surface area contributed by atoms with Crippen LogP contribution < -0.4 is 5.32 Å². The molecule has 0 amide bonds. The fourth-order valence-electron chi connectivity index (χ4n) is 4.09. The van der Waals surface area contributed by atoms with Gasteiger partial charge in [-0.2, -0.15) is 0 Å². The summed E-state index contributed by atoms with van der Waals surface area (Å²) < 4.78 is 1.17. The van der Waals surface area contributed by atoms with E-state index < -0.39 is 0 Å². The molecule has 0 fully saturated rings. The van der Waals surface area contributed by atoms with Gasteiger partial charge in [0.05, 0.1) is 10.2 Å². The molecule has 4 rings (SSSR count). The summed E-state index contributed by atoms with van der Waals surface area (Å²) in [6.07, 6.45) is 12.5. The van der Waals surface area contributed by atoms with Gasteiger partial charge in [-0.25, -0.2) is 15.0 Å². The quantitative estimate of drug-likeness (QED) is 0.546. The molecule has 0 radical (unpaired) electrons. The first-order valence-corrected chi connectivity index (χ1v) is 11.0. The summed E-state index contributed by atoms with van der Waals surface area (Å²) >= 11 is 1.77. The van der Waals surface area contributed by atoms with E-state index in [4.69, 9.17) is 4.98 Å². The molecule has 1 aliphatic carbocycles. The van der Waals surface area contributed by atoms with Crippen LogP contribution in [0, 0.1) is 0 Å². The second kappa shape index (κ2) is 7.87. The van der Waals surface area contributed by atoms with Gasteiger partial charge in [0, 0.05) is 17.6 Å². The van der Waals surface area contributed by atoms with Gasteiger partial charge in [-0.3, -0.25) is 0 Å². The van der Waals surface area contributed by atoms with Gasteiger partial charge >= 0.3 is 0 Å². The van der Waals surface area contributed by atoms with Crippen molar-refractivity contribution in [2.75, 3.05) is 11.9 Å². The summed E-state index contributed by atoms with van der Waals surface area (Å²) in [4.78, 5) is 15.5. The highest BCUT2D eigenvalue weighted by Gasteiger charge is 2.22. The van der Waals surface area contributed by atoms with Gasteiger partial charge in [0.1, 0.15) is 17.0 Å².